The lowest BCUT2D eigenvalue weighted by molar-refractivity contribution is -0.143. The number of amides is 4. The van der Waals surface area contributed by atoms with Crippen LogP contribution in [0.2, 0.25) is 0 Å². The maximum absolute atomic E-state index is 13.9. The van der Waals surface area contributed by atoms with Crippen LogP contribution in [0.25, 0.3) is 0 Å². The van der Waals surface area contributed by atoms with Gasteiger partial charge < -0.3 is 30.3 Å². The first kappa shape index (κ1) is 39.5. The number of nitrogens with one attached hydrogen (secondary N) is 3. The van der Waals surface area contributed by atoms with Crippen LogP contribution in [0, 0.1) is 17.8 Å². The lowest BCUT2D eigenvalue weighted by Gasteiger charge is -2.35. The molecule has 1 fully saturated rings. The molecule has 0 saturated carbocycles. The molecular formula is C33H60N4O7. The predicted octanol–water partition coefficient (Wildman–Crippen LogP) is 3.38. The third kappa shape index (κ3) is 10.8. The van der Waals surface area contributed by atoms with Gasteiger partial charge in [-0.2, -0.15) is 0 Å². The average molecular weight is 625 g/mol. The number of carbonyl (C=O) groups is 5. The van der Waals surface area contributed by atoms with Gasteiger partial charge in [-0.3, -0.25) is 24.0 Å². The molecule has 0 unspecified atom stereocenters. The molecule has 4 amide bonds. The molecule has 3 N–H and O–H groups in total. The second-order valence-corrected chi connectivity index (χ2v) is 14.2. The molecule has 0 aromatic heterocycles. The molecule has 44 heavy (non-hydrogen) atoms. The Hall–Kier alpha value is -2.53. The van der Waals surface area contributed by atoms with Crippen molar-refractivity contribution in [2.24, 2.45) is 17.8 Å². The van der Waals surface area contributed by atoms with Gasteiger partial charge in [0.25, 0.3) is 0 Å². The first-order valence-corrected chi connectivity index (χ1v) is 16.2. The summed E-state index contributed by atoms with van der Waals surface area (Å²) >= 11 is 0. The lowest BCUT2D eigenvalue weighted by atomic mass is 9.91. The standard InChI is InChI=1S/C33H60N4O7/c1-15-19(5)25(35-31(42)27(20(6)16-2)37(14)23(9)38)29(40)36-26(21(7)43-32(10,11)12)30(41)34-24(17-18(3)4)28(39)33(13)22(8)44-33/h18-22,24-27H,15-17H2,1-14H3,(H,34,41)(H,35,42)(H,36,40)/t19-,20-,21+,22+,24-,25-,26-,27-,33+/m0/s1. The molecule has 0 aromatic carbocycles. The summed E-state index contributed by atoms with van der Waals surface area (Å²) in [5.74, 6) is -2.36. The van der Waals surface area contributed by atoms with E-state index in [0.717, 1.165) is 0 Å². The van der Waals surface area contributed by atoms with Gasteiger partial charge in [-0.15, -0.1) is 0 Å². The van der Waals surface area contributed by atoms with Crippen molar-refractivity contribution in [3.05, 3.63) is 0 Å². The summed E-state index contributed by atoms with van der Waals surface area (Å²) in [7, 11) is 1.58. The van der Waals surface area contributed by atoms with E-state index in [1.807, 2.05) is 69.2 Å². The van der Waals surface area contributed by atoms with Crippen molar-refractivity contribution >= 4 is 29.4 Å². The number of epoxide rings is 1. The Bertz CT molecular complexity index is 1030. The summed E-state index contributed by atoms with van der Waals surface area (Å²) in [5.41, 5.74) is -1.60. The van der Waals surface area contributed by atoms with E-state index in [0.29, 0.717) is 19.3 Å². The van der Waals surface area contributed by atoms with Crippen LogP contribution in [0.15, 0.2) is 0 Å². The quantitative estimate of drug-likeness (QED) is 0.210. The zero-order valence-corrected chi connectivity index (χ0v) is 29.6. The average Bonchev–Trinajstić information content (AvgIpc) is 3.53. The van der Waals surface area contributed by atoms with Gasteiger partial charge in [0, 0.05) is 14.0 Å². The second-order valence-electron chi connectivity index (χ2n) is 14.2. The highest BCUT2D eigenvalue weighted by molar-refractivity contribution is 5.99. The van der Waals surface area contributed by atoms with Gasteiger partial charge in [-0.05, 0) is 65.7 Å². The predicted molar refractivity (Wildman–Crippen MR) is 171 cm³/mol. The molecule has 1 aliphatic rings. The second kappa shape index (κ2) is 16.2. The van der Waals surface area contributed by atoms with Gasteiger partial charge in [-0.25, -0.2) is 0 Å². The molecule has 0 bridgehead atoms. The van der Waals surface area contributed by atoms with E-state index in [1.54, 1.807) is 20.9 Å². The van der Waals surface area contributed by atoms with Crippen LogP contribution in [-0.4, -0.2) is 88.9 Å². The number of Topliss-reactive ketones (excluding diaryl/α,β-unsaturated/α-hetero) is 1. The molecule has 1 heterocycles. The summed E-state index contributed by atoms with van der Waals surface area (Å²) < 4.78 is 11.7. The van der Waals surface area contributed by atoms with Crippen LogP contribution >= 0.6 is 0 Å². The third-order valence-electron chi connectivity index (χ3n) is 8.72. The number of rotatable bonds is 17. The summed E-state index contributed by atoms with van der Waals surface area (Å²) in [5, 5.41) is 8.60. The first-order chi connectivity index (χ1) is 20.1. The van der Waals surface area contributed by atoms with Crippen LogP contribution < -0.4 is 16.0 Å². The molecule has 1 aliphatic heterocycles. The Kier molecular flexibility index (Phi) is 14.5. The molecule has 254 valence electrons. The van der Waals surface area contributed by atoms with Crippen LogP contribution in [-0.2, 0) is 33.4 Å². The normalized spacial score (nSPS) is 22.9. The minimum Gasteiger partial charge on any atom is -0.370 e. The highest BCUT2D eigenvalue weighted by atomic mass is 16.6. The van der Waals surface area contributed by atoms with Crippen LogP contribution in [0.4, 0.5) is 0 Å². The van der Waals surface area contributed by atoms with Crippen LogP contribution in [0.5, 0.6) is 0 Å². The maximum atomic E-state index is 13.9. The van der Waals surface area contributed by atoms with Gasteiger partial charge in [0.05, 0.1) is 23.9 Å². The van der Waals surface area contributed by atoms with Crippen LogP contribution in [0.1, 0.15) is 109 Å². The molecule has 11 nitrogen and oxygen atoms in total. The molecule has 1 rings (SSSR count). The van der Waals surface area contributed by atoms with Crippen molar-refractivity contribution in [3.8, 4) is 0 Å². The summed E-state index contributed by atoms with van der Waals surface area (Å²) in [6.07, 6.45) is 0.602. The fourth-order valence-corrected chi connectivity index (χ4v) is 5.34. The van der Waals surface area contributed by atoms with Crippen molar-refractivity contribution in [2.75, 3.05) is 7.05 Å². The lowest BCUT2D eigenvalue weighted by Crippen LogP contribution is -2.62. The van der Waals surface area contributed by atoms with Crippen molar-refractivity contribution in [1.29, 1.82) is 0 Å². The SMILES string of the molecule is CC[C@H](C)[C@H](NC(=O)[C@H]([C@@H](C)CC)N(C)C(C)=O)C(=O)N[C@H](C(=O)N[C@@H](CC(C)C)C(=O)[C@]1(C)O[C@@H]1C)[C@@H](C)OC(C)(C)C. The van der Waals surface area contributed by atoms with Crippen molar-refractivity contribution in [2.45, 2.75) is 157 Å². The van der Waals surface area contributed by atoms with Gasteiger partial charge in [0.15, 0.2) is 11.4 Å². The van der Waals surface area contributed by atoms with E-state index in [2.05, 4.69) is 16.0 Å². The van der Waals surface area contributed by atoms with Gasteiger partial charge >= 0.3 is 0 Å². The topological polar surface area (TPSA) is 146 Å². The Labute approximate surface area is 265 Å². The smallest absolute Gasteiger partial charge is 0.245 e. The van der Waals surface area contributed by atoms with Crippen molar-refractivity contribution in [1.82, 2.24) is 20.9 Å². The minimum absolute atomic E-state index is 0.106. The van der Waals surface area contributed by atoms with Crippen molar-refractivity contribution < 1.29 is 33.4 Å². The largest absolute Gasteiger partial charge is 0.370 e. The molecule has 0 spiro atoms. The van der Waals surface area contributed by atoms with E-state index >= 15 is 0 Å². The highest BCUT2D eigenvalue weighted by Crippen LogP contribution is 2.38. The summed E-state index contributed by atoms with van der Waals surface area (Å²) in [4.78, 5) is 68.4. The summed E-state index contributed by atoms with van der Waals surface area (Å²) in [6.45, 7) is 23.7. The number of nitrogens with zero attached hydrogens (tertiary/aromatic N) is 1. The molecule has 1 saturated heterocycles. The molecule has 0 aliphatic carbocycles. The maximum Gasteiger partial charge on any atom is 0.245 e. The fraction of sp³-hybridized carbons (Fsp3) is 0.848. The monoisotopic (exact) mass is 624 g/mol. The Balaban J connectivity index is 3.39. The third-order valence-corrected chi connectivity index (χ3v) is 8.72. The molecule has 9 atom stereocenters. The summed E-state index contributed by atoms with van der Waals surface area (Å²) in [6, 6.07) is -3.73. The van der Waals surface area contributed by atoms with E-state index in [-0.39, 0.29) is 35.5 Å². The van der Waals surface area contributed by atoms with Crippen LogP contribution in [0.3, 0.4) is 0 Å². The van der Waals surface area contributed by atoms with E-state index in [1.165, 1.54) is 11.8 Å². The number of ketones is 1. The number of ether oxygens (including phenoxy) is 2. The number of hydrogen-bond donors (Lipinski definition) is 3. The molecule has 0 aromatic rings. The number of hydrogen-bond acceptors (Lipinski definition) is 7. The molecular weight excluding hydrogens is 564 g/mol. The zero-order chi connectivity index (χ0) is 34.3. The van der Waals surface area contributed by atoms with E-state index < -0.39 is 59.2 Å². The highest BCUT2D eigenvalue weighted by Gasteiger charge is 2.57. The number of likely N-dealkylation sites (N-methyl/N-ethyl adjacent to an activating group) is 1. The zero-order valence-electron chi connectivity index (χ0n) is 29.6. The van der Waals surface area contributed by atoms with Gasteiger partial charge in [0.1, 0.15) is 18.1 Å². The Morgan fingerprint density at radius 2 is 1.34 bits per heavy atom. The molecule has 11 heteroatoms. The molecule has 0 radical (unpaired) electrons. The minimum atomic E-state index is -1.16. The van der Waals surface area contributed by atoms with Gasteiger partial charge in [0.2, 0.25) is 23.6 Å². The first-order valence-electron chi connectivity index (χ1n) is 16.2. The fourth-order valence-electron chi connectivity index (χ4n) is 5.34. The van der Waals surface area contributed by atoms with Gasteiger partial charge in [-0.1, -0.05) is 54.4 Å². The Morgan fingerprint density at radius 3 is 1.75 bits per heavy atom. The van der Waals surface area contributed by atoms with Crippen molar-refractivity contribution in [3.63, 3.8) is 0 Å². The Morgan fingerprint density at radius 1 is 0.864 bits per heavy atom. The number of carbonyl (C=O) groups excluding carboxylic acids is 5. The van der Waals surface area contributed by atoms with E-state index in [4.69, 9.17) is 9.47 Å². The van der Waals surface area contributed by atoms with E-state index in [9.17, 15) is 24.0 Å².